The van der Waals surface area contributed by atoms with Gasteiger partial charge >= 0.3 is 5.97 Å². The minimum absolute atomic E-state index is 0.288. The number of carboxylic acid groups (broad SMARTS) is 1. The molecule has 0 aromatic rings. The summed E-state index contributed by atoms with van der Waals surface area (Å²) >= 11 is 0. The molecule has 1 unspecified atom stereocenters. The largest absolute Gasteiger partial charge is 0.545 e. The van der Waals surface area contributed by atoms with Gasteiger partial charge in [0.2, 0.25) is 0 Å². The fraction of sp³-hybridized carbons (Fsp3) is 0.333. The summed E-state index contributed by atoms with van der Waals surface area (Å²) in [4.78, 5) is 19.6. The number of hydrogen-bond acceptors (Lipinski definition) is 5. The Morgan fingerprint density at radius 3 is 2.00 bits per heavy atom. The lowest BCUT2D eigenvalue weighted by atomic mass is 10.4. The number of aliphatic carboxylic acids is 1. The maximum atomic E-state index is 10.5. The SMILES string of the molecule is C=C(C)C(=O)OC(C)O.C=CC(=O)[O-]. The van der Waals surface area contributed by atoms with Crippen LogP contribution in [-0.2, 0) is 14.3 Å². The van der Waals surface area contributed by atoms with Gasteiger partial charge in [-0.15, -0.1) is 0 Å². The Hall–Kier alpha value is -1.62. The van der Waals surface area contributed by atoms with E-state index in [2.05, 4.69) is 17.9 Å². The van der Waals surface area contributed by atoms with Crippen LogP contribution < -0.4 is 5.11 Å². The van der Waals surface area contributed by atoms with Gasteiger partial charge in [0.25, 0.3) is 0 Å². The third-order valence-electron chi connectivity index (χ3n) is 0.793. The summed E-state index contributed by atoms with van der Waals surface area (Å²) < 4.78 is 4.33. The predicted molar refractivity (Wildman–Crippen MR) is 47.8 cm³/mol. The number of rotatable bonds is 3. The third kappa shape index (κ3) is 13.0. The Morgan fingerprint density at radius 2 is 1.93 bits per heavy atom. The second-order valence-corrected chi connectivity index (χ2v) is 2.31. The lowest BCUT2D eigenvalue weighted by Gasteiger charge is -2.04. The molecule has 1 N–H and O–H groups in total. The van der Waals surface area contributed by atoms with Gasteiger partial charge in [0.05, 0.1) is 5.97 Å². The standard InChI is InChI=1S/C6H10O3.C3H4O2/c1-4(2)6(8)9-5(3)7;1-2-3(4)5/h5,7H,1H2,2-3H3;2H,1H2,(H,4,5)/p-1. The first kappa shape index (κ1) is 14.9. The van der Waals surface area contributed by atoms with Gasteiger partial charge < -0.3 is 19.7 Å². The Kier molecular flexibility index (Phi) is 8.50. The number of aliphatic hydroxyl groups is 1. The van der Waals surface area contributed by atoms with E-state index in [9.17, 15) is 4.79 Å². The molecular formula is C9H13O5-. The molecule has 0 aliphatic carbocycles. The van der Waals surface area contributed by atoms with Crippen LogP contribution >= 0.6 is 0 Å². The van der Waals surface area contributed by atoms with E-state index in [0.29, 0.717) is 0 Å². The van der Waals surface area contributed by atoms with Crippen molar-refractivity contribution in [2.75, 3.05) is 0 Å². The molecule has 1 atom stereocenters. The van der Waals surface area contributed by atoms with Crippen molar-refractivity contribution in [1.29, 1.82) is 0 Å². The van der Waals surface area contributed by atoms with E-state index in [1.807, 2.05) is 0 Å². The van der Waals surface area contributed by atoms with Gasteiger partial charge in [-0.25, -0.2) is 4.79 Å². The van der Waals surface area contributed by atoms with Gasteiger partial charge in [-0.3, -0.25) is 0 Å². The highest BCUT2D eigenvalue weighted by Gasteiger charge is 2.04. The van der Waals surface area contributed by atoms with E-state index in [4.69, 9.17) is 15.0 Å². The molecular weight excluding hydrogens is 188 g/mol. The minimum atomic E-state index is -1.23. The van der Waals surface area contributed by atoms with Gasteiger partial charge in [-0.05, 0) is 19.9 Å². The zero-order chi connectivity index (χ0) is 11.7. The molecule has 0 bridgehead atoms. The lowest BCUT2D eigenvalue weighted by Crippen LogP contribution is -2.17. The molecule has 0 aromatic heterocycles. The summed E-state index contributed by atoms with van der Waals surface area (Å²) in [7, 11) is 0. The number of esters is 1. The first-order valence-electron chi connectivity index (χ1n) is 3.69. The summed E-state index contributed by atoms with van der Waals surface area (Å²) in [5.74, 6) is -1.80. The molecule has 5 heteroatoms. The Bertz CT molecular complexity index is 229. The average molecular weight is 201 g/mol. The van der Waals surface area contributed by atoms with Gasteiger partial charge in [-0.1, -0.05) is 13.2 Å². The molecule has 80 valence electrons. The van der Waals surface area contributed by atoms with Crippen molar-refractivity contribution < 1.29 is 24.5 Å². The van der Waals surface area contributed by atoms with Crippen LogP contribution in [0.1, 0.15) is 13.8 Å². The molecule has 0 rings (SSSR count). The topological polar surface area (TPSA) is 86.7 Å². The van der Waals surface area contributed by atoms with Crippen molar-refractivity contribution in [3.05, 3.63) is 24.8 Å². The minimum Gasteiger partial charge on any atom is -0.545 e. The quantitative estimate of drug-likeness (QED) is 0.373. The summed E-state index contributed by atoms with van der Waals surface area (Å²) in [5, 5.41) is 17.6. The normalized spacial score (nSPS) is 10.2. The Morgan fingerprint density at radius 1 is 1.57 bits per heavy atom. The molecule has 0 aliphatic rings. The molecule has 0 saturated carbocycles. The molecule has 0 heterocycles. The van der Waals surface area contributed by atoms with Crippen LogP contribution in [0.15, 0.2) is 24.8 Å². The number of carbonyl (C=O) groups is 2. The van der Waals surface area contributed by atoms with Crippen LogP contribution in [-0.4, -0.2) is 23.3 Å². The maximum Gasteiger partial charge on any atom is 0.335 e. The monoisotopic (exact) mass is 201 g/mol. The van der Waals surface area contributed by atoms with Gasteiger partial charge in [0, 0.05) is 5.57 Å². The van der Waals surface area contributed by atoms with E-state index in [-0.39, 0.29) is 5.57 Å². The van der Waals surface area contributed by atoms with Crippen molar-refractivity contribution in [2.24, 2.45) is 0 Å². The molecule has 0 radical (unpaired) electrons. The molecule has 14 heavy (non-hydrogen) atoms. The smallest absolute Gasteiger partial charge is 0.335 e. The second-order valence-electron chi connectivity index (χ2n) is 2.31. The van der Waals surface area contributed by atoms with E-state index in [1.165, 1.54) is 13.8 Å². The number of carbonyl (C=O) groups excluding carboxylic acids is 2. The van der Waals surface area contributed by atoms with Crippen molar-refractivity contribution in [2.45, 2.75) is 20.1 Å². The van der Waals surface area contributed by atoms with Crippen LogP contribution in [0.4, 0.5) is 0 Å². The highest BCUT2D eigenvalue weighted by Crippen LogP contribution is 1.94. The van der Waals surface area contributed by atoms with E-state index < -0.39 is 18.2 Å². The molecule has 0 spiro atoms. The first-order valence-corrected chi connectivity index (χ1v) is 3.69. The van der Waals surface area contributed by atoms with Gasteiger partial charge in [-0.2, -0.15) is 0 Å². The van der Waals surface area contributed by atoms with Crippen molar-refractivity contribution in [1.82, 2.24) is 0 Å². The van der Waals surface area contributed by atoms with Crippen molar-refractivity contribution >= 4 is 11.9 Å². The molecule has 0 aliphatic heterocycles. The molecule has 0 saturated heterocycles. The molecule has 5 nitrogen and oxygen atoms in total. The lowest BCUT2D eigenvalue weighted by molar-refractivity contribution is -0.297. The molecule has 0 aromatic carbocycles. The van der Waals surface area contributed by atoms with E-state index >= 15 is 0 Å². The number of aliphatic hydroxyl groups excluding tert-OH is 1. The predicted octanol–water partition coefficient (Wildman–Crippen LogP) is -0.634. The Balaban J connectivity index is 0. The van der Waals surface area contributed by atoms with Crippen LogP contribution in [0, 0.1) is 0 Å². The molecule has 0 amide bonds. The van der Waals surface area contributed by atoms with Crippen molar-refractivity contribution in [3.8, 4) is 0 Å². The first-order chi connectivity index (χ1) is 6.31. The highest BCUT2D eigenvalue weighted by molar-refractivity contribution is 5.86. The maximum absolute atomic E-state index is 10.5. The van der Waals surface area contributed by atoms with Crippen LogP contribution in [0.3, 0.4) is 0 Å². The van der Waals surface area contributed by atoms with Gasteiger partial charge in [0.15, 0.2) is 6.29 Å². The number of hydrogen-bond donors (Lipinski definition) is 1. The summed E-state index contributed by atoms with van der Waals surface area (Å²) in [6, 6.07) is 0. The molecule has 0 fully saturated rings. The third-order valence-corrected chi connectivity index (χ3v) is 0.793. The Labute approximate surface area is 82.3 Å². The average Bonchev–Trinajstić information content (AvgIpc) is 2.04. The van der Waals surface area contributed by atoms with Crippen LogP contribution in [0.25, 0.3) is 0 Å². The second kappa shape index (κ2) is 8.00. The number of ether oxygens (including phenoxy) is 1. The van der Waals surface area contributed by atoms with E-state index in [0.717, 1.165) is 6.08 Å². The summed E-state index contributed by atoms with van der Waals surface area (Å²) in [6.07, 6.45) is -0.325. The highest BCUT2D eigenvalue weighted by atomic mass is 16.6. The fourth-order valence-electron chi connectivity index (χ4n) is 0.255. The zero-order valence-electron chi connectivity index (χ0n) is 8.15. The van der Waals surface area contributed by atoms with Crippen LogP contribution in [0.5, 0.6) is 0 Å². The summed E-state index contributed by atoms with van der Waals surface area (Å²) in [6.45, 7) is 9.10. The fourth-order valence-corrected chi connectivity index (χ4v) is 0.255. The van der Waals surface area contributed by atoms with E-state index in [1.54, 1.807) is 0 Å². The van der Waals surface area contributed by atoms with Crippen molar-refractivity contribution in [3.63, 3.8) is 0 Å². The van der Waals surface area contributed by atoms with Gasteiger partial charge in [0.1, 0.15) is 0 Å². The number of carboxylic acids is 1. The van der Waals surface area contributed by atoms with Crippen LogP contribution in [0.2, 0.25) is 0 Å². The zero-order valence-corrected chi connectivity index (χ0v) is 8.15. The summed E-state index contributed by atoms with van der Waals surface area (Å²) in [5.41, 5.74) is 0.288.